The number of benzene rings is 2. The van der Waals surface area contributed by atoms with Crippen LogP contribution in [-0.2, 0) is 27.2 Å². The predicted molar refractivity (Wildman–Crippen MR) is 163 cm³/mol. The number of carbonyl (C=O) groups excluding carboxylic acids is 2. The molecule has 38 heavy (non-hydrogen) atoms. The number of hydrogen-bond donors (Lipinski definition) is 1. The fourth-order valence-corrected chi connectivity index (χ4v) is 9.70. The molecule has 1 amide bonds. The number of hydrogen-bond acceptors (Lipinski definition) is 3. The Hall–Kier alpha value is -2.40. The highest BCUT2D eigenvalue weighted by atomic mass is 28.3. The molecule has 4 nitrogen and oxygen atoms in total. The highest BCUT2D eigenvalue weighted by Gasteiger charge is 2.31. The number of esters is 1. The van der Waals surface area contributed by atoms with Crippen LogP contribution < -0.4 is 10.5 Å². The molecule has 0 aliphatic carbocycles. The largest absolute Gasteiger partial charge is 0.467 e. The number of unbranched alkanes of at least 4 members (excludes halogenated alkanes) is 1. The Morgan fingerprint density at radius 1 is 0.895 bits per heavy atom. The number of ether oxygens (including phenoxy) is 1. The maximum absolute atomic E-state index is 12.9. The Balaban J connectivity index is 2.06. The molecule has 0 saturated heterocycles. The van der Waals surface area contributed by atoms with Gasteiger partial charge in [-0.05, 0) is 49.7 Å². The van der Waals surface area contributed by atoms with Crippen molar-refractivity contribution in [2.45, 2.75) is 104 Å². The van der Waals surface area contributed by atoms with Crippen molar-refractivity contribution in [3.63, 3.8) is 0 Å². The van der Waals surface area contributed by atoms with E-state index in [1.807, 2.05) is 6.92 Å². The second-order valence-corrected chi connectivity index (χ2v) is 16.5. The zero-order chi connectivity index (χ0) is 28.1. The van der Waals surface area contributed by atoms with Crippen molar-refractivity contribution in [1.29, 1.82) is 0 Å². The van der Waals surface area contributed by atoms with Crippen LogP contribution in [0, 0.1) is 18.8 Å². The van der Waals surface area contributed by atoms with Gasteiger partial charge in [-0.2, -0.15) is 0 Å². The maximum Gasteiger partial charge on any atom is 0.328 e. The number of nitrogens with one attached hydrogen (secondary N) is 1. The quantitative estimate of drug-likeness (QED) is 0.143. The topological polar surface area (TPSA) is 55.4 Å². The van der Waals surface area contributed by atoms with Crippen molar-refractivity contribution >= 4 is 25.1 Å². The normalized spacial score (nSPS) is 13.3. The lowest BCUT2D eigenvalue weighted by molar-refractivity contribution is -0.145. The number of aryl methyl sites for hydroxylation is 2. The minimum Gasteiger partial charge on any atom is -0.467 e. The standard InChI is InChI=1S/C33H51NO3Si/c1-8-29(23-25(4)5)32(35)34-31(33(36)37-7)24-28-18-20-30(21-19-28)38(9-2,10-3)22-12-11-13-27-16-14-26(6)15-17-27/h14-21,25,29,31H,8-13,22-24H2,1-7H3,(H,34,35)/t29-,31-/m0/s1. The van der Waals surface area contributed by atoms with E-state index >= 15 is 0 Å². The summed E-state index contributed by atoms with van der Waals surface area (Å²) in [5.41, 5.74) is 3.80. The van der Waals surface area contributed by atoms with Crippen molar-refractivity contribution < 1.29 is 14.3 Å². The summed E-state index contributed by atoms with van der Waals surface area (Å²) in [6.45, 7) is 13.1. The minimum atomic E-state index is -1.58. The Labute approximate surface area is 233 Å². The Bertz CT molecular complexity index is 980. The van der Waals surface area contributed by atoms with Crippen LogP contribution in [0.2, 0.25) is 18.1 Å². The van der Waals surface area contributed by atoms with Crippen LogP contribution in [0.25, 0.3) is 0 Å². The van der Waals surface area contributed by atoms with Gasteiger partial charge in [-0.3, -0.25) is 4.79 Å². The maximum atomic E-state index is 12.9. The number of methoxy groups -OCH3 is 1. The summed E-state index contributed by atoms with van der Waals surface area (Å²) in [5.74, 6) is -0.0984. The van der Waals surface area contributed by atoms with Crippen molar-refractivity contribution in [3.8, 4) is 0 Å². The second-order valence-electron chi connectivity index (χ2n) is 11.4. The summed E-state index contributed by atoms with van der Waals surface area (Å²) in [5, 5.41) is 4.49. The zero-order valence-corrected chi connectivity index (χ0v) is 25.9. The van der Waals surface area contributed by atoms with E-state index in [0.29, 0.717) is 12.3 Å². The van der Waals surface area contributed by atoms with Gasteiger partial charge in [0.25, 0.3) is 0 Å². The van der Waals surface area contributed by atoms with Crippen LogP contribution in [0.1, 0.15) is 77.0 Å². The van der Waals surface area contributed by atoms with Crippen LogP contribution in [0.15, 0.2) is 48.5 Å². The third-order valence-corrected chi connectivity index (χ3v) is 13.8. The van der Waals surface area contributed by atoms with E-state index in [1.54, 1.807) is 0 Å². The molecule has 0 spiro atoms. The van der Waals surface area contributed by atoms with Gasteiger partial charge in [0.15, 0.2) is 0 Å². The molecule has 5 heteroatoms. The van der Waals surface area contributed by atoms with E-state index in [9.17, 15) is 9.59 Å². The summed E-state index contributed by atoms with van der Waals surface area (Å²) in [6.07, 6.45) is 5.66. The van der Waals surface area contributed by atoms with E-state index < -0.39 is 14.1 Å². The van der Waals surface area contributed by atoms with Crippen LogP contribution >= 0.6 is 0 Å². The average Bonchev–Trinajstić information content (AvgIpc) is 2.92. The Morgan fingerprint density at radius 2 is 1.50 bits per heavy atom. The van der Waals surface area contributed by atoms with Crippen molar-refractivity contribution in [1.82, 2.24) is 5.32 Å². The zero-order valence-electron chi connectivity index (χ0n) is 24.9. The Morgan fingerprint density at radius 3 is 2.03 bits per heavy atom. The van der Waals surface area contributed by atoms with Gasteiger partial charge in [0.2, 0.25) is 5.91 Å². The number of carbonyl (C=O) groups is 2. The average molecular weight is 538 g/mol. The summed E-state index contributed by atoms with van der Waals surface area (Å²) in [4.78, 5) is 25.5. The van der Waals surface area contributed by atoms with Gasteiger partial charge in [0.1, 0.15) is 6.04 Å². The molecule has 2 rings (SSSR count). The smallest absolute Gasteiger partial charge is 0.328 e. The van der Waals surface area contributed by atoms with Gasteiger partial charge in [-0.1, -0.05) is 118 Å². The molecule has 0 saturated carbocycles. The molecular formula is C33H51NO3Si. The molecule has 0 fully saturated rings. The lowest BCUT2D eigenvalue weighted by Gasteiger charge is -2.30. The van der Waals surface area contributed by atoms with Crippen molar-refractivity contribution in [2.75, 3.05) is 7.11 Å². The van der Waals surface area contributed by atoms with E-state index in [1.165, 1.54) is 54.4 Å². The first kappa shape index (κ1) is 31.8. The fraction of sp³-hybridized carbons (Fsp3) is 0.576. The summed E-state index contributed by atoms with van der Waals surface area (Å²) < 4.78 is 5.04. The highest BCUT2D eigenvalue weighted by molar-refractivity contribution is 6.91. The molecule has 0 aromatic heterocycles. The van der Waals surface area contributed by atoms with Crippen LogP contribution in [-0.4, -0.2) is 33.1 Å². The van der Waals surface area contributed by atoms with E-state index in [2.05, 4.69) is 88.5 Å². The SMILES string of the molecule is CC[C@@H](CC(C)C)C(=O)N[C@@H](Cc1ccc([Si](CC)(CC)CCCCc2ccc(C)cc2)cc1)C(=O)OC. The molecule has 2 atom stereocenters. The summed E-state index contributed by atoms with van der Waals surface area (Å²) in [6, 6.07) is 20.9. The summed E-state index contributed by atoms with van der Waals surface area (Å²) >= 11 is 0. The summed E-state index contributed by atoms with van der Waals surface area (Å²) in [7, 11) is -0.195. The molecule has 0 aliphatic heterocycles. The second kappa shape index (κ2) is 15.9. The Kier molecular flexibility index (Phi) is 13.3. The first-order valence-electron chi connectivity index (χ1n) is 14.7. The van der Waals surface area contributed by atoms with Crippen LogP contribution in [0.3, 0.4) is 0 Å². The molecule has 2 aromatic carbocycles. The lowest BCUT2D eigenvalue weighted by Crippen LogP contribution is -2.47. The first-order chi connectivity index (χ1) is 18.2. The van der Waals surface area contributed by atoms with E-state index in [0.717, 1.165) is 24.8 Å². The van der Waals surface area contributed by atoms with Gasteiger partial charge in [0.05, 0.1) is 15.2 Å². The first-order valence-corrected chi connectivity index (χ1v) is 17.3. The lowest BCUT2D eigenvalue weighted by atomic mass is 9.93. The third-order valence-electron chi connectivity index (χ3n) is 8.27. The predicted octanol–water partition coefficient (Wildman–Crippen LogP) is 6.99. The van der Waals surface area contributed by atoms with Gasteiger partial charge in [-0.15, -0.1) is 0 Å². The van der Waals surface area contributed by atoms with Crippen LogP contribution in [0.4, 0.5) is 0 Å². The van der Waals surface area contributed by atoms with Crippen molar-refractivity contribution in [3.05, 3.63) is 65.2 Å². The number of rotatable bonds is 16. The van der Waals surface area contributed by atoms with Gasteiger partial charge >= 0.3 is 5.97 Å². The molecule has 0 heterocycles. The molecule has 1 N–H and O–H groups in total. The monoisotopic (exact) mass is 537 g/mol. The van der Waals surface area contributed by atoms with Crippen molar-refractivity contribution in [2.24, 2.45) is 11.8 Å². The van der Waals surface area contributed by atoms with Gasteiger partial charge in [0, 0.05) is 12.3 Å². The molecule has 2 aromatic rings. The van der Waals surface area contributed by atoms with E-state index in [-0.39, 0.29) is 17.8 Å². The van der Waals surface area contributed by atoms with Gasteiger partial charge in [-0.25, -0.2) is 4.79 Å². The fourth-order valence-electron chi connectivity index (χ4n) is 5.59. The van der Waals surface area contributed by atoms with Gasteiger partial charge < -0.3 is 10.1 Å². The third kappa shape index (κ3) is 9.41. The minimum absolute atomic E-state index is 0.0535. The molecular weight excluding hydrogens is 486 g/mol. The van der Waals surface area contributed by atoms with Crippen LogP contribution in [0.5, 0.6) is 0 Å². The van der Waals surface area contributed by atoms with E-state index in [4.69, 9.17) is 4.74 Å². The molecule has 0 radical (unpaired) electrons. The molecule has 210 valence electrons. The molecule has 0 aliphatic rings. The number of amides is 1. The highest BCUT2D eigenvalue weighted by Crippen LogP contribution is 2.25. The molecule has 0 bridgehead atoms. The molecule has 0 unspecified atom stereocenters.